The van der Waals surface area contributed by atoms with Gasteiger partial charge in [0.05, 0.1) is 6.61 Å². The summed E-state index contributed by atoms with van der Waals surface area (Å²) in [4.78, 5) is 0. The van der Waals surface area contributed by atoms with Gasteiger partial charge in [0, 0.05) is 0 Å². The van der Waals surface area contributed by atoms with Gasteiger partial charge in [-0.2, -0.15) is 0 Å². The molecule has 0 spiro atoms. The van der Waals surface area contributed by atoms with Crippen molar-refractivity contribution in [1.29, 1.82) is 0 Å². The second-order valence-corrected chi connectivity index (χ2v) is 1.35. The maximum absolute atomic E-state index is 9.41. The first-order valence-corrected chi connectivity index (χ1v) is 2.64. The average molecular weight is 118 g/mol. The second-order valence-electron chi connectivity index (χ2n) is 0.641. The molecular formula is C2H7LiO3S. The first-order valence-electron chi connectivity index (χ1n) is 1.54. The molecule has 0 aliphatic rings. The van der Waals surface area contributed by atoms with Crippen LogP contribution in [0.1, 0.15) is 6.92 Å². The molecule has 0 aromatic rings. The Morgan fingerprint density at radius 1 is 1.57 bits per heavy atom. The van der Waals surface area contributed by atoms with Gasteiger partial charge in [0.15, 0.2) is 0 Å². The van der Waals surface area contributed by atoms with Crippen molar-refractivity contribution in [2.75, 3.05) is 6.61 Å². The predicted molar refractivity (Wildman–Crippen MR) is 29.1 cm³/mol. The van der Waals surface area contributed by atoms with Crippen LogP contribution in [0.25, 0.3) is 0 Å². The van der Waals surface area contributed by atoms with E-state index in [-0.39, 0.29) is 25.5 Å². The van der Waals surface area contributed by atoms with Crippen LogP contribution in [-0.2, 0) is 15.2 Å². The zero-order valence-electron chi connectivity index (χ0n) is 3.38. The number of thiol groups is 1. The Hall–Kier alpha value is 0.507. The molecule has 0 bridgehead atoms. The summed E-state index contributed by atoms with van der Waals surface area (Å²) < 4.78 is 22.8. The molecule has 0 amide bonds. The van der Waals surface area contributed by atoms with E-state index in [0.717, 1.165) is 0 Å². The van der Waals surface area contributed by atoms with Crippen LogP contribution >= 0.6 is 0 Å². The standard InChI is InChI=1S/C2H6O3S.Li.H/c1-2-5-6(3)4;;/h6H,2H2,1H3;;. The Balaban J connectivity index is 0. The van der Waals surface area contributed by atoms with Crippen LogP contribution in [0.3, 0.4) is 0 Å². The summed E-state index contributed by atoms with van der Waals surface area (Å²) in [6, 6.07) is 0. The topological polar surface area (TPSA) is 43.4 Å². The van der Waals surface area contributed by atoms with Crippen LogP contribution in [0.15, 0.2) is 0 Å². The summed E-state index contributed by atoms with van der Waals surface area (Å²) >= 11 is 0. The summed E-state index contributed by atoms with van der Waals surface area (Å²) in [6.07, 6.45) is 0. The molecule has 0 fully saturated rings. The van der Waals surface area contributed by atoms with Crippen LogP contribution in [0.2, 0.25) is 0 Å². The fourth-order valence-corrected chi connectivity index (χ4v) is 0.316. The zero-order valence-corrected chi connectivity index (χ0v) is 4.27. The van der Waals surface area contributed by atoms with Crippen LogP contribution in [-0.4, -0.2) is 33.9 Å². The Labute approximate surface area is 56.4 Å². The second kappa shape index (κ2) is 6.51. The van der Waals surface area contributed by atoms with E-state index >= 15 is 0 Å². The Bertz CT molecular complexity index is 80.9. The molecular weight excluding hydrogens is 111 g/mol. The SMILES string of the molecule is CCO[SH](=O)=O.[LiH]. The van der Waals surface area contributed by atoms with Crippen molar-refractivity contribution in [2.24, 2.45) is 0 Å². The van der Waals surface area contributed by atoms with Gasteiger partial charge < -0.3 is 0 Å². The predicted octanol–water partition coefficient (Wildman–Crippen LogP) is -1.10. The van der Waals surface area contributed by atoms with E-state index < -0.39 is 11.0 Å². The maximum atomic E-state index is 9.41. The van der Waals surface area contributed by atoms with Crippen molar-refractivity contribution in [1.82, 2.24) is 0 Å². The van der Waals surface area contributed by atoms with E-state index in [1.165, 1.54) is 0 Å². The molecule has 0 aromatic heterocycles. The molecule has 0 unspecified atom stereocenters. The first kappa shape index (κ1) is 10.5. The van der Waals surface area contributed by atoms with Crippen molar-refractivity contribution in [3.8, 4) is 0 Å². The average Bonchev–Trinajstić information content (AvgIpc) is 1.35. The van der Waals surface area contributed by atoms with Crippen LogP contribution in [0, 0.1) is 0 Å². The fraction of sp³-hybridized carbons (Fsp3) is 1.00. The van der Waals surface area contributed by atoms with Crippen LogP contribution in [0.4, 0.5) is 0 Å². The fourth-order valence-electron chi connectivity index (χ4n) is 0.105. The Morgan fingerprint density at radius 2 is 2.00 bits per heavy atom. The summed E-state index contributed by atoms with van der Waals surface area (Å²) in [6.45, 7) is 1.85. The van der Waals surface area contributed by atoms with Crippen molar-refractivity contribution in [2.45, 2.75) is 6.92 Å². The van der Waals surface area contributed by atoms with Crippen LogP contribution < -0.4 is 0 Å². The molecule has 0 rings (SSSR count). The number of rotatable bonds is 2. The molecule has 0 aromatic carbocycles. The molecule has 0 atom stereocenters. The quantitative estimate of drug-likeness (QED) is 0.369. The molecule has 40 valence electrons. The first-order chi connectivity index (χ1) is 2.77. The van der Waals surface area contributed by atoms with Crippen LogP contribution in [0.5, 0.6) is 0 Å². The van der Waals surface area contributed by atoms with Gasteiger partial charge in [0.1, 0.15) is 0 Å². The van der Waals surface area contributed by atoms with E-state index in [9.17, 15) is 8.42 Å². The van der Waals surface area contributed by atoms with Crippen molar-refractivity contribution in [3.63, 3.8) is 0 Å². The van der Waals surface area contributed by atoms with Gasteiger partial charge in [-0.1, -0.05) is 0 Å². The molecule has 7 heavy (non-hydrogen) atoms. The molecule has 0 aliphatic carbocycles. The third kappa shape index (κ3) is 10.7. The van der Waals surface area contributed by atoms with E-state index in [1.807, 2.05) is 0 Å². The molecule has 3 nitrogen and oxygen atoms in total. The van der Waals surface area contributed by atoms with Crippen molar-refractivity contribution < 1.29 is 12.6 Å². The van der Waals surface area contributed by atoms with Crippen molar-refractivity contribution >= 4 is 29.8 Å². The minimum absolute atomic E-state index is 0. The molecule has 0 aliphatic heterocycles. The molecule has 0 heterocycles. The minimum atomic E-state index is -2.60. The van der Waals surface area contributed by atoms with E-state index in [2.05, 4.69) is 4.18 Å². The van der Waals surface area contributed by atoms with Gasteiger partial charge in [-0.15, -0.1) is 0 Å². The van der Waals surface area contributed by atoms with Gasteiger partial charge in [-0.05, 0) is 6.92 Å². The van der Waals surface area contributed by atoms with Gasteiger partial charge in [0.25, 0.3) is 11.0 Å². The van der Waals surface area contributed by atoms with Crippen molar-refractivity contribution in [3.05, 3.63) is 0 Å². The zero-order chi connectivity index (χ0) is 4.99. The summed E-state index contributed by atoms with van der Waals surface area (Å²) in [5, 5.41) is 0. The number of hydrogen-bond donors (Lipinski definition) is 1. The van der Waals surface area contributed by atoms with Gasteiger partial charge >= 0.3 is 18.9 Å². The van der Waals surface area contributed by atoms with E-state index in [1.54, 1.807) is 6.92 Å². The molecule has 0 N–H and O–H groups in total. The third-order valence-electron chi connectivity index (χ3n) is 0.235. The molecule has 0 saturated heterocycles. The van der Waals surface area contributed by atoms with Gasteiger partial charge in [0.2, 0.25) is 0 Å². The normalized spacial score (nSPS) is 8.29. The van der Waals surface area contributed by atoms with Gasteiger partial charge in [-0.3, -0.25) is 4.18 Å². The molecule has 0 saturated carbocycles. The van der Waals surface area contributed by atoms with E-state index in [4.69, 9.17) is 0 Å². The monoisotopic (exact) mass is 118 g/mol. The number of hydrogen-bond acceptors (Lipinski definition) is 3. The summed E-state index contributed by atoms with van der Waals surface area (Å²) in [5.41, 5.74) is 0. The Morgan fingerprint density at radius 3 is 2.00 bits per heavy atom. The molecule has 0 radical (unpaired) electrons. The summed E-state index contributed by atoms with van der Waals surface area (Å²) in [5.74, 6) is 0. The third-order valence-corrected chi connectivity index (χ3v) is 0.704. The summed E-state index contributed by atoms with van der Waals surface area (Å²) in [7, 11) is -2.60. The molecule has 5 heteroatoms. The Kier molecular flexibility index (Phi) is 9.74. The van der Waals surface area contributed by atoms with Gasteiger partial charge in [-0.25, -0.2) is 8.42 Å². The van der Waals surface area contributed by atoms with E-state index in [0.29, 0.717) is 0 Å².